The van der Waals surface area contributed by atoms with Gasteiger partial charge in [0, 0.05) is 11.6 Å². The molecule has 1 N–H and O–H groups in total. The fourth-order valence-electron chi connectivity index (χ4n) is 2.94. The molecule has 1 aromatic carbocycles. The largest absolute Gasteiger partial charge is 0.486 e. The molecule has 0 fully saturated rings. The summed E-state index contributed by atoms with van der Waals surface area (Å²) >= 11 is 0. The molecule has 0 bridgehead atoms. The zero-order valence-corrected chi connectivity index (χ0v) is 12.9. The molecule has 1 aliphatic rings. The molecule has 2 heteroatoms. The fourth-order valence-corrected chi connectivity index (χ4v) is 2.94. The number of benzene rings is 1. The molecule has 0 saturated carbocycles. The van der Waals surface area contributed by atoms with E-state index >= 15 is 0 Å². The smallest absolute Gasteiger partial charge is 0.125 e. The first-order chi connectivity index (χ1) is 8.94. The highest BCUT2D eigenvalue weighted by atomic mass is 16.5. The Labute approximate surface area is 117 Å². The van der Waals surface area contributed by atoms with Crippen LogP contribution in [0.1, 0.15) is 59.1 Å². The third-order valence-corrected chi connectivity index (χ3v) is 4.20. The first-order valence-corrected chi connectivity index (χ1v) is 7.48. The molecular formula is C17H27NO. The minimum Gasteiger partial charge on any atom is -0.486 e. The van der Waals surface area contributed by atoms with E-state index in [2.05, 4.69) is 58.1 Å². The fraction of sp³-hybridized carbons (Fsp3) is 0.647. The maximum Gasteiger partial charge on any atom is 0.125 e. The Morgan fingerprint density at radius 1 is 1.26 bits per heavy atom. The van der Waals surface area contributed by atoms with Gasteiger partial charge in [0.2, 0.25) is 0 Å². The number of hydrogen-bond donors (Lipinski definition) is 1. The summed E-state index contributed by atoms with van der Waals surface area (Å²) in [5, 5.41) is 3.77. The van der Waals surface area contributed by atoms with Crippen LogP contribution in [-0.2, 0) is 0 Å². The van der Waals surface area contributed by atoms with Crippen LogP contribution in [0.2, 0.25) is 0 Å². The van der Waals surface area contributed by atoms with Gasteiger partial charge in [-0.2, -0.15) is 0 Å². The van der Waals surface area contributed by atoms with Gasteiger partial charge >= 0.3 is 0 Å². The SMILES string of the molecule is CCC(C)CC(C)NC1c2ccccc2OC1(C)C. The number of nitrogens with one attached hydrogen (secondary N) is 1. The van der Waals surface area contributed by atoms with E-state index in [0.717, 1.165) is 11.7 Å². The van der Waals surface area contributed by atoms with Crippen molar-refractivity contribution in [3.63, 3.8) is 0 Å². The molecule has 0 saturated heterocycles. The van der Waals surface area contributed by atoms with Crippen molar-refractivity contribution in [1.82, 2.24) is 5.32 Å². The molecule has 0 aliphatic carbocycles. The summed E-state index contributed by atoms with van der Waals surface area (Å²) < 4.78 is 6.08. The maximum absolute atomic E-state index is 6.08. The van der Waals surface area contributed by atoms with E-state index in [9.17, 15) is 0 Å². The van der Waals surface area contributed by atoms with E-state index in [-0.39, 0.29) is 11.6 Å². The van der Waals surface area contributed by atoms with Crippen LogP contribution in [0.3, 0.4) is 0 Å². The summed E-state index contributed by atoms with van der Waals surface area (Å²) in [5.74, 6) is 1.80. The second-order valence-corrected chi connectivity index (χ2v) is 6.49. The van der Waals surface area contributed by atoms with Crippen LogP contribution in [0.4, 0.5) is 0 Å². The molecule has 2 nitrogen and oxygen atoms in total. The predicted octanol–water partition coefficient (Wildman–Crippen LogP) is 4.31. The zero-order valence-electron chi connectivity index (χ0n) is 12.9. The van der Waals surface area contributed by atoms with Gasteiger partial charge in [0.05, 0.1) is 6.04 Å². The van der Waals surface area contributed by atoms with E-state index in [1.54, 1.807) is 0 Å². The van der Waals surface area contributed by atoms with Gasteiger partial charge in [0.15, 0.2) is 0 Å². The van der Waals surface area contributed by atoms with Crippen molar-refractivity contribution < 1.29 is 4.74 Å². The first-order valence-electron chi connectivity index (χ1n) is 7.48. The van der Waals surface area contributed by atoms with Gasteiger partial charge in [-0.25, -0.2) is 0 Å². The first kappa shape index (κ1) is 14.4. The minimum atomic E-state index is -0.173. The van der Waals surface area contributed by atoms with Crippen molar-refractivity contribution in [2.24, 2.45) is 5.92 Å². The molecule has 3 unspecified atom stereocenters. The summed E-state index contributed by atoms with van der Waals surface area (Å²) in [4.78, 5) is 0. The Balaban J connectivity index is 2.10. The average molecular weight is 261 g/mol. The number of ether oxygens (including phenoxy) is 1. The third kappa shape index (κ3) is 3.11. The second-order valence-electron chi connectivity index (χ2n) is 6.49. The van der Waals surface area contributed by atoms with Crippen molar-refractivity contribution in [1.29, 1.82) is 0 Å². The van der Waals surface area contributed by atoms with Crippen LogP contribution in [0, 0.1) is 5.92 Å². The van der Waals surface area contributed by atoms with E-state index in [4.69, 9.17) is 4.74 Å². The van der Waals surface area contributed by atoms with E-state index < -0.39 is 0 Å². The Bertz CT molecular complexity index is 427. The van der Waals surface area contributed by atoms with Crippen molar-refractivity contribution in [2.75, 3.05) is 0 Å². The van der Waals surface area contributed by atoms with Crippen molar-refractivity contribution in [3.8, 4) is 5.75 Å². The monoisotopic (exact) mass is 261 g/mol. The van der Waals surface area contributed by atoms with Crippen LogP contribution in [-0.4, -0.2) is 11.6 Å². The number of fused-ring (bicyclic) bond motifs is 1. The van der Waals surface area contributed by atoms with Crippen molar-refractivity contribution >= 4 is 0 Å². The molecule has 1 heterocycles. The lowest BCUT2D eigenvalue weighted by Gasteiger charge is -2.30. The van der Waals surface area contributed by atoms with Crippen LogP contribution < -0.4 is 10.1 Å². The Morgan fingerprint density at radius 3 is 2.63 bits per heavy atom. The maximum atomic E-state index is 6.08. The third-order valence-electron chi connectivity index (χ3n) is 4.20. The summed E-state index contributed by atoms with van der Waals surface area (Å²) in [6.07, 6.45) is 2.46. The number of para-hydroxylation sites is 1. The van der Waals surface area contributed by atoms with E-state index in [1.165, 1.54) is 18.4 Å². The van der Waals surface area contributed by atoms with Crippen molar-refractivity contribution in [2.45, 2.75) is 65.1 Å². The lowest BCUT2D eigenvalue weighted by atomic mass is 9.92. The molecule has 3 atom stereocenters. The summed E-state index contributed by atoms with van der Waals surface area (Å²) in [6, 6.07) is 9.17. The second kappa shape index (κ2) is 5.54. The van der Waals surface area contributed by atoms with Gasteiger partial charge in [-0.1, -0.05) is 38.5 Å². The minimum absolute atomic E-state index is 0.173. The van der Waals surface area contributed by atoms with Crippen LogP contribution in [0.15, 0.2) is 24.3 Å². The molecule has 0 radical (unpaired) electrons. The molecule has 106 valence electrons. The summed E-state index contributed by atoms with van der Waals surface area (Å²) in [5.41, 5.74) is 1.12. The van der Waals surface area contributed by atoms with Gasteiger partial charge in [0.25, 0.3) is 0 Å². The predicted molar refractivity (Wildman–Crippen MR) is 80.6 cm³/mol. The standard InChI is InChI=1S/C17H27NO/c1-6-12(2)11-13(3)18-16-14-9-7-8-10-15(14)19-17(16,4)5/h7-10,12-13,16,18H,6,11H2,1-5H3. The molecule has 0 aromatic heterocycles. The normalized spacial score (nSPS) is 23.5. The highest BCUT2D eigenvalue weighted by Gasteiger charge is 2.41. The molecule has 0 spiro atoms. The Kier molecular flexibility index (Phi) is 4.19. The Morgan fingerprint density at radius 2 is 1.95 bits per heavy atom. The van der Waals surface area contributed by atoms with Crippen molar-refractivity contribution in [3.05, 3.63) is 29.8 Å². The molecular weight excluding hydrogens is 234 g/mol. The van der Waals surface area contributed by atoms with Crippen LogP contribution in [0.5, 0.6) is 5.75 Å². The van der Waals surface area contributed by atoms with Gasteiger partial charge in [-0.3, -0.25) is 0 Å². The molecule has 19 heavy (non-hydrogen) atoms. The average Bonchev–Trinajstić information content (AvgIpc) is 2.60. The van der Waals surface area contributed by atoms with Crippen LogP contribution in [0.25, 0.3) is 0 Å². The van der Waals surface area contributed by atoms with Crippen LogP contribution >= 0.6 is 0 Å². The highest BCUT2D eigenvalue weighted by Crippen LogP contribution is 2.43. The van der Waals surface area contributed by atoms with E-state index in [1.807, 2.05) is 6.07 Å². The van der Waals surface area contributed by atoms with Gasteiger partial charge in [-0.05, 0) is 39.2 Å². The molecule has 2 rings (SSSR count). The quantitative estimate of drug-likeness (QED) is 0.852. The number of hydrogen-bond acceptors (Lipinski definition) is 2. The van der Waals surface area contributed by atoms with Gasteiger partial charge in [0.1, 0.15) is 11.4 Å². The Hall–Kier alpha value is -1.02. The lowest BCUT2D eigenvalue weighted by molar-refractivity contribution is 0.0902. The molecule has 0 amide bonds. The topological polar surface area (TPSA) is 21.3 Å². The lowest BCUT2D eigenvalue weighted by Crippen LogP contribution is -2.43. The number of rotatable bonds is 5. The van der Waals surface area contributed by atoms with Gasteiger partial charge in [-0.15, -0.1) is 0 Å². The van der Waals surface area contributed by atoms with Gasteiger partial charge < -0.3 is 10.1 Å². The summed E-state index contributed by atoms with van der Waals surface area (Å²) in [6.45, 7) is 11.2. The zero-order chi connectivity index (χ0) is 14.0. The van der Waals surface area contributed by atoms with E-state index in [0.29, 0.717) is 6.04 Å². The molecule has 1 aliphatic heterocycles. The molecule has 1 aromatic rings. The highest BCUT2D eigenvalue weighted by molar-refractivity contribution is 5.42. The summed E-state index contributed by atoms with van der Waals surface area (Å²) in [7, 11) is 0.